The Hall–Kier alpha value is -1.69. The molecule has 0 spiro atoms. The lowest BCUT2D eigenvalue weighted by Crippen LogP contribution is -2.02. The van der Waals surface area contributed by atoms with Crippen LogP contribution in [0, 0.1) is 0 Å². The van der Waals surface area contributed by atoms with Crippen molar-refractivity contribution in [1.29, 1.82) is 0 Å². The zero-order valence-electron chi connectivity index (χ0n) is 10.3. The molecule has 1 unspecified atom stereocenters. The van der Waals surface area contributed by atoms with Gasteiger partial charge in [-0.05, 0) is 54.9 Å². The van der Waals surface area contributed by atoms with E-state index in [-0.39, 0.29) is 0 Å². The lowest BCUT2D eigenvalue weighted by Gasteiger charge is -2.07. The molecule has 0 bridgehead atoms. The van der Waals surface area contributed by atoms with Gasteiger partial charge in [-0.15, -0.1) is 0 Å². The van der Waals surface area contributed by atoms with Crippen molar-refractivity contribution in [3.63, 3.8) is 0 Å². The lowest BCUT2D eigenvalue weighted by atomic mass is 10.1. The van der Waals surface area contributed by atoms with Gasteiger partial charge in [-0.2, -0.15) is 0 Å². The van der Waals surface area contributed by atoms with Crippen molar-refractivity contribution in [3.05, 3.63) is 54.1 Å². The molecule has 100 valence electrons. The van der Waals surface area contributed by atoms with Gasteiger partial charge < -0.3 is 15.0 Å². The van der Waals surface area contributed by atoms with E-state index in [1.54, 1.807) is 24.3 Å². The zero-order chi connectivity index (χ0) is 13.7. The molecular weight excluding hydrogens is 262 g/mol. The van der Waals surface area contributed by atoms with Gasteiger partial charge in [-0.1, -0.05) is 12.1 Å². The van der Waals surface area contributed by atoms with Crippen molar-refractivity contribution in [1.82, 2.24) is 0 Å². The third-order valence-electron chi connectivity index (χ3n) is 2.62. The molecule has 5 heteroatoms. The maximum absolute atomic E-state index is 10.8. The normalized spacial score (nSPS) is 12.1. The molecule has 1 atom stereocenters. The summed E-state index contributed by atoms with van der Waals surface area (Å²) < 4.78 is 25.4. The Morgan fingerprint density at radius 1 is 1.00 bits per heavy atom. The maximum Gasteiger partial charge on any atom is 0.186 e. The number of rotatable bonds is 5. The molecular formula is C14H15NO3S. The summed E-state index contributed by atoms with van der Waals surface area (Å²) in [4.78, 5) is 0.352. The standard InChI is InChI=1S/C14H15NO3S/c15-10-9-11-1-3-12(4-2-11)18-13-5-7-14(8-6-13)19(16)17/h1-8H,9-10,15H2,(H,16,17). The number of ether oxygens (including phenoxy) is 1. The zero-order valence-corrected chi connectivity index (χ0v) is 11.1. The van der Waals surface area contributed by atoms with Crippen molar-refractivity contribution in [2.45, 2.75) is 11.3 Å². The fraction of sp³-hybridized carbons (Fsp3) is 0.143. The molecule has 2 aromatic carbocycles. The van der Waals surface area contributed by atoms with E-state index >= 15 is 0 Å². The summed E-state index contributed by atoms with van der Waals surface area (Å²) in [6.07, 6.45) is 0.845. The van der Waals surface area contributed by atoms with Crippen LogP contribution in [0.2, 0.25) is 0 Å². The van der Waals surface area contributed by atoms with Gasteiger partial charge in [-0.25, -0.2) is 4.21 Å². The third-order valence-corrected chi connectivity index (χ3v) is 3.29. The van der Waals surface area contributed by atoms with Crippen molar-refractivity contribution in [2.75, 3.05) is 6.54 Å². The Morgan fingerprint density at radius 3 is 2.00 bits per heavy atom. The summed E-state index contributed by atoms with van der Waals surface area (Å²) in [5.41, 5.74) is 6.65. The minimum absolute atomic E-state index is 0.352. The molecule has 4 nitrogen and oxygen atoms in total. The fourth-order valence-electron chi connectivity index (χ4n) is 1.65. The van der Waals surface area contributed by atoms with Crippen molar-refractivity contribution in [2.24, 2.45) is 5.73 Å². The van der Waals surface area contributed by atoms with E-state index in [9.17, 15) is 4.21 Å². The van der Waals surface area contributed by atoms with Crippen molar-refractivity contribution < 1.29 is 13.5 Å². The minimum atomic E-state index is -1.96. The number of hydrogen-bond acceptors (Lipinski definition) is 3. The van der Waals surface area contributed by atoms with E-state index in [2.05, 4.69) is 0 Å². The first-order valence-electron chi connectivity index (χ1n) is 5.87. The summed E-state index contributed by atoms with van der Waals surface area (Å²) in [7, 11) is 0. The molecule has 0 fully saturated rings. The van der Waals surface area contributed by atoms with Gasteiger partial charge in [0.2, 0.25) is 0 Å². The fourth-order valence-corrected chi connectivity index (χ4v) is 2.02. The number of nitrogens with two attached hydrogens (primary N) is 1. The third kappa shape index (κ3) is 3.89. The predicted octanol–water partition coefficient (Wildman–Crippen LogP) is 2.56. The van der Waals surface area contributed by atoms with Crippen LogP contribution < -0.4 is 10.5 Å². The van der Waals surface area contributed by atoms with Crippen LogP contribution in [0.1, 0.15) is 5.56 Å². The van der Waals surface area contributed by atoms with Crippen LogP contribution in [0.25, 0.3) is 0 Å². The molecule has 0 saturated heterocycles. The first-order valence-corrected chi connectivity index (χ1v) is 6.97. The molecule has 0 aromatic heterocycles. The SMILES string of the molecule is NCCc1ccc(Oc2ccc(S(=O)O)cc2)cc1. The van der Waals surface area contributed by atoms with Crippen LogP contribution in [0.5, 0.6) is 11.5 Å². The molecule has 2 aromatic rings. The molecule has 3 N–H and O–H groups in total. The van der Waals surface area contributed by atoms with Gasteiger partial charge in [0.15, 0.2) is 11.1 Å². The summed E-state index contributed by atoms with van der Waals surface area (Å²) in [5.74, 6) is 1.35. The molecule has 19 heavy (non-hydrogen) atoms. The highest BCUT2D eigenvalue weighted by atomic mass is 32.2. The van der Waals surface area contributed by atoms with Crippen LogP contribution >= 0.6 is 0 Å². The first kappa shape index (κ1) is 13.7. The topological polar surface area (TPSA) is 72.5 Å². The maximum atomic E-state index is 10.8. The Labute approximate surface area is 114 Å². The Balaban J connectivity index is 2.06. The van der Waals surface area contributed by atoms with Crippen molar-refractivity contribution >= 4 is 11.1 Å². The lowest BCUT2D eigenvalue weighted by molar-refractivity contribution is 0.482. The van der Waals surface area contributed by atoms with Gasteiger partial charge in [0, 0.05) is 0 Å². The average molecular weight is 277 g/mol. The molecule has 2 rings (SSSR count). The predicted molar refractivity (Wildman–Crippen MR) is 74.8 cm³/mol. The van der Waals surface area contributed by atoms with Gasteiger partial charge >= 0.3 is 0 Å². The van der Waals surface area contributed by atoms with E-state index in [1.165, 1.54) is 5.56 Å². The Bertz CT molecular complexity index is 552. The molecule has 0 aliphatic carbocycles. The van der Waals surface area contributed by atoms with E-state index in [1.807, 2.05) is 24.3 Å². The van der Waals surface area contributed by atoms with Crippen LogP contribution in [0.4, 0.5) is 0 Å². The second-order valence-corrected chi connectivity index (χ2v) is 4.97. The van der Waals surface area contributed by atoms with Gasteiger partial charge in [0.25, 0.3) is 0 Å². The second kappa shape index (κ2) is 6.47. The van der Waals surface area contributed by atoms with Crippen LogP contribution in [0.15, 0.2) is 53.4 Å². The largest absolute Gasteiger partial charge is 0.457 e. The van der Waals surface area contributed by atoms with E-state index in [0.29, 0.717) is 17.2 Å². The number of hydrogen-bond donors (Lipinski definition) is 2. The first-order chi connectivity index (χ1) is 9.19. The Kier molecular flexibility index (Phi) is 4.68. The summed E-state index contributed by atoms with van der Waals surface area (Å²) in [6.45, 7) is 0.625. The van der Waals surface area contributed by atoms with Gasteiger partial charge in [0.1, 0.15) is 11.5 Å². The molecule has 0 aliphatic heterocycles. The molecule has 0 saturated carbocycles. The molecule has 0 aliphatic rings. The van der Waals surface area contributed by atoms with Gasteiger partial charge in [0.05, 0.1) is 4.90 Å². The summed E-state index contributed by atoms with van der Waals surface area (Å²) >= 11 is -1.96. The quantitative estimate of drug-likeness (QED) is 0.824. The highest BCUT2D eigenvalue weighted by molar-refractivity contribution is 7.79. The van der Waals surface area contributed by atoms with Crippen LogP contribution in [-0.4, -0.2) is 15.3 Å². The highest BCUT2D eigenvalue weighted by Crippen LogP contribution is 2.22. The second-order valence-electron chi connectivity index (χ2n) is 4.01. The van der Waals surface area contributed by atoms with Gasteiger partial charge in [-0.3, -0.25) is 0 Å². The monoisotopic (exact) mass is 277 g/mol. The van der Waals surface area contributed by atoms with E-state index in [0.717, 1.165) is 12.2 Å². The van der Waals surface area contributed by atoms with E-state index in [4.69, 9.17) is 15.0 Å². The smallest absolute Gasteiger partial charge is 0.186 e. The highest BCUT2D eigenvalue weighted by Gasteiger charge is 2.01. The molecule has 0 heterocycles. The molecule has 0 amide bonds. The van der Waals surface area contributed by atoms with E-state index < -0.39 is 11.1 Å². The van der Waals surface area contributed by atoms with Crippen LogP contribution in [0.3, 0.4) is 0 Å². The minimum Gasteiger partial charge on any atom is -0.457 e. The molecule has 0 radical (unpaired) electrons. The summed E-state index contributed by atoms with van der Waals surface area (Å²) in [5, 5.41) is 0. The summed E-state index contributed by atoms with van der Waals surface area (Å²) in [6, 6.07) is 14.2. The Morgan fingerprint density at radius 2 is 1.53 bits per heavy atom. The van der Waals surface area contributed by atoms with Crippen LogP contribution in [-0.2, 0) is 17.5 Å². The van der Waals surface area contributed by atoms with Crippen molar-refractivity contribution in [3.8, 4) is 11.5 Å². The average Bonchev–Trinajstić information content (AvgIpc) is 2.42. The number of benzene rings is 2.